The standard InChI is InChI=1S/C10H12O/c1-10(2)5-3-8-4-6-11-7-9(8)10/h3-4,6-7H,5H2,1-2H3. The van der Waals surface area contributed by atoms with Gasteiger partial charge in [-0.25, -0.2) is 0 Å². The van der Waals surface area contributed by atoms with Gasteiger partial charge in [0.1, 0.15) is 0 Å². The van der Waals surface area contributed by atoms with Gasteiger partial charge in [-0.2, -0.15) is 0 Å². The fourth-order valence-electron chi connectivity index (χ4n) is 1.58. The van der Waals surface area contributed by atoms with Crippen LogP contribution in [-0.4, -0.2) is 0 Å². The average Bonchev–Trinajstić information content (AvgIpc) is 2.29. The zero-order valence-corrected chi connectivity index (χ0v) is 6.92. The molecule has 0 amide bonds. The van der Waals surface area contributed by atoms with E-state index in [1.165, 1.54) is 11.1 Å². The summed E-state index contributed by atoms with van der Waals surface area (Å²) in [5, 5.41) is 0. The van der Waals surface area contributed by atoms with E-state index in [0.717, 1.165) is 6.42 Å². The minimum absolute atomic E-state index is 0.278. The van der Waals surface area contributed by atoms with E-state index in [4.69, 9.17) is 4.74 Å². The smallest absolute Gasteiger partial charge is 0.0944 e. The van der Waals surface area contributed by atoms with Crippen LogP contribution in [-0.2, 0) is 4.74 Å². The Morgan fingerprint density at radius 1 is 1.45 bits per heavy atom. The molecule has 0 aromatic rings. The summed E-state index contributed by atoms with van der Waals surface area (Å²) in [4.78, 5) is 0. The van der Waals surface area contributed by atoms with Crippen LogP contribution in [0.4, 0.5) is 0 Å². The molecule has 58 valence electrons. The molecule has 0 atom stereocenters. The molecule has 0 N–H and O–H groups in total. The minimum Gasteiger partial charge on any atom is -0.472 e. The summed E-state index contributed by atoms with van der Waals surface area (Å²) < 4.78 is 5.14. The van der Waals surface area contributed by atoms with Gasteiger partial charge >= 0.3 is 0 Å². The van der Waals surface area contributed by atoms with E-state index in [2.05, 4.69) is 19.9 Å². The largest absolute Gasteiger partial charge is 0.472 e. The Kier molecular flexibility index (Phi) is 1.22. The monoisotopic (exact) mass is 148 g/mol. The van der Waals surface area contributed by atoms with Crippen molar-refractivity contribution in [3.8, 4) is 0 Å². The molecule has 0 unspecified atom stereocenters. The molecule has 0 aromatic carbocycles. The second-order valence-electron chi connectivity index (χ2n) is 3.72. The Balaban J connectivity index is 2.40. The van der Waals surface area contributed by atoms with Gasteiger partial charge in [0.2, 0.25) is 0 Å². The highest BCUT2D eigenvalue weighted by molar-refractivity contribution is 5.48. The summed E-state index contributed by atoms with van der Waals surface area (Å²) in [6, 6.07) is 0. The van der Waals surface area contributed by atoms with Gasteiger partial charge in [0.25, 0.3) is 0 Å². The molecule has 0 saturated carbocycles. The molecule has 1 aliphatic carbocycles. The van der Waals surface area contributed by atoms with Crippen LogP contribution in [0.3, 0.4) is 0 Å². The summed E-state index contributed by atoms with van der Waals surface area (Å²) in [6.45, 7) is 4.48. The molecule has 1 nitrogen and oxygen atoms in total. The van der Waals surface area contributed by atoms with Gasteiger partial charge in [0, 0.05) is 5.57 Å². The quantitative estimate of drug-likeness (QED) is 0.513. The zero-order chi connectivity index (χ0) is 7.90. The van der Waals surface area contributed by atoms with Gasteiger partial charge in [-0.3, -0.25) is 0 Å². The fraction of sp³-hybridized carbons (Fsp3) is 0.400. The second kappa shape index (κ2) is 2.00. The molecule has 0 saturated heterocycles. The lowest BCUT2D eigenvalue weighted by Crippen LogP contribution is -2.10. The van der Waals surface area contributed by atoms with E-state index < -0.39 is 0 Å². The van der Waals surface area contributed by atoms with Crippen LogP contribution in [0, 0.1) is 5.41 Å². The third kappa shape index (κ3) is 0.917. The molecule has 0 spiro atoms. The van der Waals surface area contributed by atoms with E-state index >= 15 is 0 Å². The van der Waals surface area contributed by atoms with Crippen molar-refractivity contribution in [1.82, 2.24) is 0 Å². The molecule has 0 radical (unpaired) electrons. The van der Waals surface area contributed by atoms with Crippen molar-refractivity contribution >= 4 is 0 Å². The Labute approximate surface area is 67.1 Å². The highest BCUT2D eigenvalue weighted by atomic mass is 16.5. The normalized spacial score (nSPS) is 25.3. The Morgan fingerprint density at radius 2 is 2.27 bits per heavy atom. The first-order valence-corrected chi connectivity index (χ1v) is 3.93. The van der Waals surface area contributed by atoms with Crippen molar-refractivity contribution in [1.29, 1.82) is 0 Å². The summed E-state index contributed by atoms with van der Waals surface area (Å²) in [5.41, 5.74) is 2.95. The third-order valence-electron chi connectivity index (χ3n) is 2.38. The summed E-state index contributed by atoms with van der Waals surface area (Å²) in [7, 11) is 0. The lowest BCUT2D eigenvalue weighted by molar-refractivity contribution is 0.370. The molecule has 2 rings (SSSR count). The molecular weight excluding hydrogens is 136 g/mol. The maximum atomic E-state index is 5.14. The van der Waals surface area contributed by atoms with Crippen LogP contribution in [0.5, 0.6) is 0 Å². The molecule has 0 fully saturated rings. The average molecular weight is 148 g/mol. The predicted molar refractivity (Wildman–Crippen MR) is 44.8 cm³/mol. The van der Waals surface area contributed by atoms with E-state index in [1.807, 2.05) is 12.3 Å². The number of ether oxygens (including phenoxy) is 1. The Bertz CT molecular complexity index is 267. The fourth-order valence-corrected chi connectivity index (χ4v) is 1.58. The number of allylic oxidation sites excluding steroid dienone is 4. The molecule has 1 aliphatic heterocycles. The maximum absolute atomic E-state index is 5.14. The van der Waals surface area contributed by atoms with Gasteiger partial charge in [-0.1, -0.05) is 19.9 Å². The van der Waals surface area contributed by atoms with Gasteiger partial charge < -0.3 is 4.74 Å². The highest BCUT2D eigenvalue weighted by Crippen LogP contribution is 2.43. The first-order chi connectivity index (χ1) is 5.20. The first-order valence-electron chi connectivity index (χ1n) is 3.93. The lowest BCUT2D eigenvalue weighted by Gasteiger charge is -2.21. The summed E-state index contributed by atoms with van der Waals surface area (Å²) in [6.07, 6.45) is 9.02. The topological polar surface area (TPSA) is 9.23 Å². The van der Waals surface area contributed by atoms with Crippen molar-refractivity contribution in [2.75, 3.05) is 0 Å². The SMILES string of the molecule is CC1(C)CC=C2C=COC=C21. The predicted octanol–water partition coefficient (Wildman–Crippen LogP) is 2.77. The first kappa shape index (κ1) is 6.71. The number of rotatable bonds is 0. The molecule has 0 bridgehead atoms. The highest BCUT2D eigenvalue weighted by Gasteiger charge is 2.30. The van der Waals surface area contributed by atoms with Gasteiger partial charge in [0.15, 0.2) is 0 Å². The molecular formula is C10H12O. The van der Waals surface area contributed by atoms with Crippen LogP contribution in [0.25, 0.3) is 0 Å². The zero-order valence-electron chi connectivity index (χ0n) is 6.92. The Hall–Kier alpha value is -0.980. The molecule has 2 aliphatic rings. The van der Waals surface area contributed by atoms with Crippen molar-refractivity contribution in [3.63, 3.8) is 0 Å². The van der Waals surface area contributed by atoms with Gasteiger partial charge in [-0.15, -0.1) is 0 Å². The summed E-state index contributed by atoms with van der Waals surface area (Å²) in [5.74, 6) is 0. The van der Waals surface area contributed by atoms with Crippen LogP contribution in [0.15, 0.2) is 35.8 Å². The molecule has 1 heterocycles. The van der Waals surface area contributed by atoms with Crippen LogP contribution in [0.2, 0.25) is 0 Å². The van der Waals surface area contributed by atoms with E-state index in [1.54, 1.807) is 6.26 Å². The van der Waals surface area contributed by atoms with Crippen molar-refractivity contribution in [3.05, 3.63) is 35.8 Å². The van der Waals surface area contributed by atoms with Gasteiger partial charge in [0.05, 0.1) is 12.5 Å². The molecule has 11 heavy (non-hydrogen) atoms. The van der Waals surface area contributed by atoms with E-state index in [-0.39, 0.29) is 5.41 Å². The van der Waals surface area contributed by atoms with Crippen LogP contribution >= 0.6 is 0 Å². The minimum atomic E-state index is 0.278. The van der Waals surface area contributed by atoms with Crippen molar-refractivity contribution in [2.45, 2.75) is 20.3 Å². The number of hydrogen-bond acceptors (Lipinski definition) is 1. The molecule has 0 aromatic heterocycles. The maximum Gasteiger partial charge on any atom is 0.0944 e. The third-order valence-corrected chi connectivity index (χ3v) is 2.38. The van der Waals surface area contributed by atoms with Gasteiger partial charge in [-0.05, 0) is 23.5 Å². The van der Waals surface area contributed by atoms with E-state index in [9.17, 15) is 0 Å². The van der Waals surface area contributed by atoms with Crippen molar-refractivity contribution < 1.29 is 4.74 Å². The molecule has 1 heteroatoms. The van der Waals surface area contributed by atoms with E-state index in [0.29, 0.717) is 0 Å². The van der Waals surface area contributed by atoms with Crippen LogP contribution < -0.4 is 0 Å². The van der Waals surface area contributed by atoms with Crippen LogP contribution in [0.1, 0.15) is 20.3 Å². The lowest BCUT2D eigenvalue weighted by atomic mass is 9.84. The Morgan fingerprint density at radius 3 is 3.00 bits per heavy atom. The second-order valence-corrected chi connectivity index (χ2v) is 3.72. The van der Waals surface area contributed by atoms with Crippen molar-refractivity contribution in [2.24, 2.45) is 5.41 Å². The summed E-state index contributed by atoms with van der Waals surface area (Å²) >= 11 is 0. The number of hydrogen-bond donors (Lipinski definition) is 0. The number of fused-ring (bicyclic) bond motifs is 1.